The molecular formula is C24H22ClN5O2S. The Kier molecular flexibility index (Phi) is 6.67. The number of carbonyl (C=O) groups is 2. The summed E-state index contributed by atoms with van der Waals surface area (Å²) in [6.45, 7) is 5.60. The Balaban J connectivity index is 1.48. The van der Waals surface area contributed by atoms with Crippen LogP contribution in [-0.2, 0) is 0 Å². The highest BCUT2D eigenvalue weighted by atomic mass is 35.5. The normalized spacial score (nSPS) is 10.9. The number of thioether (sulfide) groups is 1. The van der Waals surface area contributed by atoms with Crippen LogP contribution in [0.2, 0.25) is 5.02 Å². The molecule has 0 atom stereocenters. The number of nitrogens with zero attached hydrogens (tertiary/aromatic N) is 4. The first kappa shape index (κ1) is 22.8. The van der Waals surface area contributed by atoms with E-state index in [1.807, 2.05) is 45.0 Å². The lowest BCUT2D eigenvalue weighted by Crippen LogP contribution is -2.25. The van der Waals surface area contributed by atoms with Crippen molar-refractivity contribution in [2.45, 2.75) is 25.9 Å². The summed E-state index contributed by atoms with van der Waals surface area (Å²) in [5.74, 6) is -0.129. The fourth-order valence-electron chi connectivity index (χ4n) is 3.41. The minimum absolute atomic E-state index is 0.0650. The van der Waals surface area contributed by atoms with Crippen LogP contribution in [0.15, 0.2) is 66.1 Å². The van der Waals surface area contributed by atoms with Gasteiger partial charge in [-0.15, -0.1) is 10.2 Å². The quantitative estimate of drug-likeness (QED) is 0.298. The average Bonchev–Trinajstić information content (AvgIpc) is 3.40. The van der Waals surface area contributed by atoms with Crippen LogP contribution in [0.5, 0.6) is 0 Å². The zero-order valence-corrected chi connectivity index (χ0v) is 19.9. The summed E-state index contributed by atoms with van der Waals surface area (Å²) < 4.78 is 3.44. The molecule has 0 aliphatic rings. The molecule has 2 heterocycles. The predicted octanol–water partition coefficient (Wildman–Crippen LogP) is 5.01. The lowest BCUT2D eigenvalue weighted by molar-refractivity contribution is 0.0999. The van der Waals surface area contributed by atoms with E-state index in [0.717, 1.165) is 16.9 Å². The number of Topliss-reactive ketones (excluding diaryl/α,β-unsaturated/α-hetero) is 1. The smallest absolute Gasteiger partial charge is 0.270 e. The van der Waals surface area contributed by atoms with Crippen LogP contribution in [-0.4, -0.2) is 36.9 Å². The van der Waals surface area contributed by atoms with Crippen molar-refractivity contribution in [2.75, 3.05) is 11.2 Å². The molecule has 2 aromatic heterocycles. The molecule has 0 saturated carbocycles. The fourth-order valence-corrected chi connectivity index (χ4v) is 4.40. The monoisotopic (exact) mass is 479 g/mol. The molecule has 0 unspecified atom stereocenters. The number of aryl methyl sites for hydroxylation is 2. The van der Waals surface area contributed by atoms with E-state index < -0.39 is 0 Å². The third-order valence-corrected chi connectivity index (χ3v) is 6.61. The second kappa shape index (κ2) is 9.64. The highest BCUT2D eigenvalue weighted by molar-refractivity contribution is 7.99. The first-order valence-corrected chi connectivity index (χ1v) is 11.6. The lowest BCUT2D eigenvalue weighted by atomic mass is 10.2. The molecule has 0 saturated heterocycles. The van der Waals surface area contributed by atoms with Crippen LogP contribution in [0.3, 0.4) is 0 Å². The number of halogens is 1. The number of aromatic nitrogens is 4. The average molecular weight is 480 g/mol. The molecule has 0 aliphatic heterocycles. The molecule has 0 spiro atoms. The maximum absolute atomic E-state index is 13.0. The van der Waals surface area contributed by atoms with Crippen LogP contribution in [0.4, 0.5) is 0 Å². The number of ketones is 1. The number of hydrogen-bond acceptors (Lipinski definition) is 5. The highest BCUT2D eigenvalue weighted by Gasteiger charge is 2.19. The van der Waals surface area contributed by atoms with E-state index in [1.54, 1.807) is 45.9 Å². The van der Waals surface area contributed by atoms with Crippen molar-refractivity contribution in [1.82, 2.24) is 19.4 Å². The zero-order chi connectivity index (χ0) is 23.5. The molecule has 4 aromatic rings. The Bertz CT molecular complexity index is 1330. The van der Waals surface area contributed by atoms with Crippen molar-refractivity contribution in [1.29, 1.82) is 0 Å². The fraction of sp³-hybridized carbons (Fsp3) is 0.167. The Morgan fingerprint density at radius 1 is 1.06 bits per heavy atom. The summed E-state index contributed by atoms with van der Waals surface area (Å²) >= 11 is 7.55. The Morgan fingerprint density at radius 3 is 2.55 bits per heavy atom. The molecule has 0 bridgehead atoms. The van der Waals surface area contributed by atoms with Gasteiger partial charge in [0.15, 0.2) is 10.9 Å². The number of hydrogen-bond donors (Lipinski definition) is 1. The second-order valence-corrected chi connectivity index (χ2v) is 8.91. The van der Waals surface area contributed by atoms with E-state index in [4.69, 9.17) is 11.6 Å². The number of amides is 1. The zero-order valence-electron chi connectivity index (χ0n) is 18.4. The van der Waals surface area contributed by atoms with Gasteiger partial charge in [0.2, 0.25) is 0 Å². The number of benzene rings is 2. The van der Waals surface area contributed by atoms with Gasteiger partial charge < -0.3 is 0 Å². The molecule has 9 heteroatoms. The number of nitrogens with one attached hydrogen (secondary N) is 1. The Hall–Kier alpha value is -3.36. The number of carbonyl (C=O) groups excluding carboxylic acids is 2. The van der Waals surface area contributed by atoms with Crippen molar-refractivity contribution in [3.8, 4) is 5.69 Å². The predicted molar refractivity (Wildman–Crippen MR) is 130 cm³/mol. The highest BCUT2D eigenvalue weighted by Crippen LogP contribution is 2.25. The first-order valence-electron chi connectivity index (χ1n) is 10.2. The van der Waals surface area contributed by atoms with Gasteiger partial charge in [-0.3, -0.25) is 24.3 Å². The van der Waals surface area contributed by atoms with Gasteiger partial charge in [0.25, 0.3) is 5.91 Å². The van der Waals surface area contributed by atoms with E-state index in [9.17, 15) is 9.59 Å². The van der Waals surface area contributed by atoms with Gasteiger partial charge in [-0.1, -0.05) is 47.6 Å². The maximum atomic E-state index is 13.0. The summed E-state index contributed by atoms with van der Waals surface area (Å²) in [7, 11) is 0. The maximum Gasteiger partial charge on any atom is 0.270 e. The van der Waals surface area contributed by atoms with Gasteiger partial charge >= 0.3 is 0 Å². The van der Waals surface area contributed by atoms with Gasteiger partial charge in [0, 0.05) is 27.5 Å². The molecule has 0 fully saturated rings. The van der Waals surface area contributed by atoms with Crippen molar-refractivity contribution in [2.24, 2.45) is 0 Å². The summed E-state index contributed by atoms with van der Waals surface area (Å²) in [6, 6.07) is 16.4. The number of rotatable bonds is 7. The minimum Gasteiger partial charge on any atom is -0.293 e. The van der Waals surface area contributed by atoms with Crippen molar-refractivity contribution >= 4 is 35.1 Å². The van der Waals surface area contributed by atoms with Crippen LogP contribution < -0.4 is 5.43 Å². The van der Waals surface area contributed by atoms with E-state index in [1.165, 1.54) is 11.8 Å². The molecule has 2 aromatic carbocycles. The summed E-state index contributed by atoms with van der Waals surface area (Å²) in [6.07, 6.45) is 1.60. The van der Waals surface area contributed by atoms with Crippen molar-refractivity contribution in [3.63, 3.8) is 0 Å². The van der Waals surface area contributed by atoms with E-state index in [2.05, 4.69) is 15.6 Å². The summed E-state index contributed by atoms with van der Waals surface area (Å²) in [5, 5.41) is 9.37. The van der Waals surface area contributed by atoms with E-state index >= 15 is 0 Å². The molecule has 4 rings (SSSR count). The van der Waals surface area contributed by atoms with Crippen LogP contribution >= 0.6 is 23.4 Å². The lowest BCUT2D eigenvalue weighted by Gasteiger charge is -2.11. The first-order chi connectivity index (χ1) is 15.8. The van der Waals surface area contributed by atoms with Gasteiger partial charge in [0.1, 0.15) is 6.33 Å². The molecule has 0 aliphatic carbocycles. The van der Waals surface area contributed by atoms with E-state index in [-0.39, 0.29) is 17.4 Å². The van der Waals surface area contributed by atoms with Gasteiger partial charge in [-0.05, 0) is 56.7 Å². The topological polar surface area (TPSA) is 81.8 Å². The molecule has 168 valence electrons. The Labute approximate surface area is 200 Å². The SMILES string of the molecule is Cc1ccc(-n2cnnc2SCC(=O)c2cc(C)n(NC(=O)c3ccccc3)c2C)cc1Cl. The summed E-state index contributed by atoms with van der Waals surface area (Å²) in [5.41, 5.74) is 7.21. The third kappa shape index (κ3) is 4.86. The van der Waals surface area contributed by atoms with Crippen LogP contribution in [0, 0.1) is 20.8 Å². The van der Waals surface area contributed by atoms with Crippen molar-refractivity contribution in [3.05, 3.63) is 94.0 Å². The van der Waals surface area contributed by atoms with Crippen LogP contribution in [0.1, 0.15) is 37.7 Å². The van der Waals surface area contributed by atoms with Crippen molar-refractivity contribution < 1.29 is 9.59 Å². The van der Waals surface area contributed by atoms with Crippen LogP contribution in [0.25, 0.3) is 5.69 Å². The van der Waals surface area contributed by atoms with E-state index in [0.29, 0.717) is 27.0 Å². The molecular weight excluding hydrogens is 458 g/mol. The molecule has 7 nitrogen and oxygen atoms in total. The van der Waals surface area contributed by atoms with Gasteiger partial charge in [0.05, 0.1) is 11.4 Å². The molecule has 0 radical (unpaired) electrons. The standard InChI is InChI=1S/C24H22ClN5O2S/c1-15-9-10-19(12-21(15)25)29-14-26-27-24(29)33-13-22(31)20-11-16(2)30(17(20)3)28-23(32)18-7-5-4-6-8-18/h4-12,14H,13H2,1-3H3,(H,28,32). The second-order valence-electron chi connectivity index (χ2n) is 7.56. The molecule has 1 N–H and O–H groups in total. The third-order valence-electron chi connectivity index (χ3n) is 5.26. The van der Waals surface area contributed by atoms with Gasteiger partial charge in [-0.2, -0.15) is 0 Å². The minimum atomic E-state index is -0.240. The summed E-state index contributed by atoms with van der Waals surface area (Å²) in [4.78, 5) is 25.6. The molecule has 1 amide bonds. The molecule has 33 heavy (non-hydrogen) atoms. The largest absolute Gasteiger partial charge is 0.293 e. The van der Waals surface area contributed by atoms with Gasteiger partial charge in [-0.25, -0.2) is 0 Å². The Morgan fingerprint density at radius 2 is 1.82 bits per heavy atom.